The van der Waals surface area contributed by atoms with E-state index in [2.05, 4.69) is 25.9 Å². The number of hydrogen-bond acceptors (Lipinski definition) is 5. The standard InChI is InChI=1S/C11H8BrN5/c12-7-3-1-2-6(4-7)9-8(5-13)10(14)17-11(15)16-9/h1-4H,(H4,14,15,16,17). The first-order valence-electron chi connectivity index (χ1n) is 4.71. The number of nitriles is 1. The Balaban J connectivity index is 2.71. The Kier molecular flexibility index (Phi) is 2.93. The van der Waals surface area contributed by atoms with E-state index >= 15 is 0 Å². The van der Waals surface area contributed by atoms with Crippen LogP contribution in [0.25, 0.3) is 11.3 Å². The van der Waals surface area contributed by atoms with Gasteiger partial charge in [-0.2, -0.15) is 10.2 Å². The quantitative estimate of drug-likeness (QED) is 0.835. The number of nitrogens with two attached hydrogens (primary N) is 2. The highest BCUT2D eigenvalue weighted by Gasteiger charge is 2.12. The maximum Gasteiger partial charge on any atom is 0.222 e. The molecule has 0 unspecified atom stereocenters. The van der Waals surface area contributed by atoms with Crippen LogP contribution in [0.5, 0.6) is 0 Å². The first kappa shape index (κ1) is 11.4. The topological polar surface area (TPSA) is 102 Å². The molecule has 0 aliphatic carbocycles. The Morgan fingerprint density at radius 2 is 2.00 bits per heavy atom. The van der Waals surface area contributed by atoms with Crippen LogP contribution in [0.3, 0.4) is 0 Å². The molecular weight excluding hydrogens is 282 g/mol. The van der Waals surface area contributed by atoms with Crippen molar-refractivity contribution in [1.82, 2.24) is 9.97 Å². The lowest BCUT2D eigenvalue weighted by Gasteiger charge is -2.06. The normalized spacial score (nSPS) is 9.88. The van der Waals surface area contributed by atoms with E-state index in [0.29, 0.717) is 5.69 Å². The maximum atomic E-state index is 9.06. The molecule has 0 amide bonds. The van der Waals surface area contributed by atoms with E-state index in [9.17, 15) is 0 Å². The van der Waals surface area contributed by atoms with Crippen molar-refractivity contribution in [3.8, 4) is 17.3 Å². The zero-order valence-corrected chi connectivity index (χ0v) is 10.3. The molecule has 0 aliphatic rings. The second-order valence-electron chi connectivity index (χ2n) is 3.31. The summed E-state index contributed by atoms with van der Waals surface area (Å²) in [6.07, 6.45) is 0. The summed E-state index contributed by atoms with van der Waals surface area (Å²) in [6, 6.07) is 9.37. The molecule has 1 aromatic heterocycles. The third kappa shape index (κ3) is 2.19. The van der Waals surface area contributed by atoms with Crippen LogP contribution in [0.1, 0.15) is 5.56 Å². The van der Waals surface area contributed by atoms with Gasteiger partial charge in [0.15, 0.2) is 0 Å². The van der Waals surface area contributed by atoms with Gasteiger partial charge in [-0.15, -0.1) is 0 Å². The Morgan fingerprint density at radius 3 is 2.65 bits per heavy atom. The lowest BCUT2D eigenvalue weighted by Crippen LogP contribution is -2.04. The van der Waals surface area contributed by atoms with Gasteiger partial charge in [0.1, 0.15) is 17.5 Å². The first-order chi connectivity index (χ1) is 8.11. The molecule has 2 rings (SSSR count). The molecule has 0 fully saturated rings. The molecule has 0 saturated heterocycles. The molecule has 0 bridgehead atoms. The van der Waals surface area contributed by atoms with Gasteiger partial charge in [-0.05, 0) is 12.1 Å². The lowest BCUT2D eigenvalue weighted by atomic mass is 10.1. The molecule has 5 nitrogen and oxygen atoms in total. The number of rotatable bonds is 1. The molecule has 1 heterocycles. The monoisotopic (exact) mass is 289 g/mol. The van der Waals surface area contributed by atoms with Gasteiger partial charge < -0.3 is 11.5 Å². The minimum atomic E-state index is 0.0523. The highest BCUT2D eigenvalue weighted by molar-refractivity contribution is 9.10. The molecule has 1 aromatic carbocycles. The Hall–Kier alpha value is -2.13. The lowest BCUT2D eigenvalue weighted by molar-refractivity contribution is 1.18. The molecule has 2 aromatic rings. The third-order valence-corrected chi connectivity index (χ3v) is 2.66. The Bertz CT molecular complexity index is 618. The van der Waals surface area contributed by atoms with Crippen molar-refractivity contribution in [2.24, 2.45) is 0 Å². The van der Waals surface area contributed by atoms with Gasteiger partial charge in [-0.3, -0.25) is 0 Å². The van der Waals surface area contributed by atoms with Crippen LogP contribution in [0.15, 0.2) is 28.7 Å². The van der Waals surface area contributed by atoms with Crippen LogP contribution in [-0.4, -0.2) is 9.97 Å². The van der Waals surface area contributed by atoms with Crippen LogP contribution >= 0.6 is 15.9 Å². The minimum Gasteiger partial charge on any atom is -0.382 e. The highest BCUT2D eigenvalue weighted by atomic mass is 79.9. The molecular formula is C11H8BrN5. The van der Waals surface area contributed by atoms with Gasteiger partial charge in [0.05, 0.1) is 5.69 Å². The van der Waals surface area contributed by atoms with Gasteiger partial charge in [0, 0.05) is 10.0 Å². The molecule has 0 atom stereocenters. The molecule has 84 valence electrons. The smallest absolute Gasteiger partial charge is 0.222 e. The molecule has 6 heteroatoms. The van der Waals surface area contributed by atoms with Crippen LogP contribution < -0.4 is 11.5 Å². The zero-order valence-electron chi connectivity index (χ0n) is 8.68. The Labute approximate surface area is 106 Å². The summed E-state index contributed by atoms with van der Waals surface area (Å²) in [6.45, 7) is 0. The van der Waals surface area contributed by atoms with Crippen molar-refractivity contribution in [2.45, 2.75) is 0 Å². The van der Waals surface area contributed by atoms with E-state index in [4.69, 9.17) is 16.7 Å². The van der Waals surface area contributed by atoms with Crippen molar-refractivity contribution >= 4 is 27.7 Å². The number of anilines is 2. The fourth-order valence-corrected chi connectivity index (χ4v) is 1.85. The number of benzene rings is 1. The fourth-order valence-electron chi connectivity index (χ4n) is 1.45. The second-order valence-corrected chi connectivity index (χ2v) is 4.23. The van der Waals surface area contributed by atoms with E-state index in [1.165, 1.54) is 0 Å². The van der Waals surface area contributed by atoms with Crippen molar-refractivity contribution in [3.05, 3.63) is 34.3 Å². The average molecular weight is 290 g/mol. The van der Waals surface area contributed by atoms with Gasteiger partial charge >= 0.3 is 0 Å². The first-order valence-corrected chi connectivity index (χ1v) is 5.50. The van der Waals surface area contributed by atoms with E-state index < -0.39 is 0 Å². The molecule has 4 N–H and O–H groups in total. The molecule has 17 heavy (non-hydrogen) atoms. The second kappa shape index (κ2) is 4.39. The van der Waals surface area contributed by atoms with Crippen LogP contribution in [0.4, 0.5) is 11.8 Å². The van der Waals surface area contributed by atoms with Gasteiger partial charge in [0.25, 0.3) is 0 Å². The summed E-state index contributed by atoms with van der Waals surface area (Å²) in [7, 11) is 0. The maximum absolute atomic E-state index is 9.06. The zero-order chi connectivity index (χ0) is 12.4. The van der Waals surface area contributed by atoms with Crippen LogP contribution in [0, 0.1) is 11.3 Å². The van der Waals surface area contributed by atoms with E-state index in [-0.39, 0.29) is 17.3 Å². The summed E-state index contributed by atoms with van der Waals surface area (Å²) in [5, 5.41) is 9.06. The average Bonchev–Trinajstić information content (AvgIpc) is 2.28. The van der Waals surface area contributed by atoms with E-state index in [1.807, 2.05) is 30.3 Å². The SMILES string of the molecule is N#Cc1c(N)nc(N)nc1-c1cccc(Br)c1. The number of halogens is 1. The molecule has 0 radical (unpaired) electrons. The highest BCUT2D eigenvalue weighted by Crippen LogP contribution is 2.27. The summed E-state index contributed by atoms with van der Waals surface area (Å²) < 4.78 is 0.884. The predicted octanol–water partition coefficient (Wildman–Crippen LogP) is 1.94. The number of hydrogen-bond donors (Lipinski definition) is 2. The molecule has 0 aliphatic heterocycles. The molecule has 0 spiro atoms. The van der Waals surface area contributed by atoms with Crippen LogP contribution in [0.2, 0.25) is 0 Å². The van der Waals surface area contributed by atoms with Crippen molar-refractivity contribution in [3.63, 3.8) is 0 Å². The number of nitrogen functional groups attached to an aromatic ring is 2. The fraction of sp³-hybridized carbons (Fsp3) is 0. The summed E-state index contributed by atoms with van der Waals surface area (Å²) >= 11 is 3.35. The van der Waals surface area contributed by atoms with Gasteiger partial charge in [-0.25, -0.2) is 4.98 Å². The number of nitrogens with zero attached hydrogens (tertiary/aromatic N) is 3. The van der Waals surface area contributed by atoms with E-state index in [1.54, 1.807) is 0 Å². The van der Waals surface area contributed by atoms with Gasteiger partial charge in [0.2, 0.25) is 5.95 Å². The van der Waals surface area contributed by atoms with Crippen molar-refractivity contribution in [2.75, 3.05) is 11.5 Å². The summed E-state index contributed by atoms with van der Waals surface area (Å²) in [5.41, 5.74) is 12.6. The van der Waals surface area contributed by atoms with Crippen LogP contribution in [-0.2, 0) is 0 Å². The van der Waals surface area contributed by atoms with Crippen molar-refractivity contribution < 1.29 is 0 Å². The third-order valence-electron chi connectivity index (χ3n) is 2.16. The molecule has 0 saturated carbocycles. The largest absolute Gasteiger partial charge is 0.382 e. The van der Waals surface area contributed by atoms with Gasteiger partial charge in [-0.1, -0.05) is 28.1 Å². The predicted molar refractivity (Wildman–Crippen MR) is 68.7 cm³/mol. The minimum absolute atomic E-state index is 0.0523. The summed E-state index contributed by atoms with van der Waals surface area (Å²) in [5.74, 6) is 0.145. The number of aromatic nitrogens is 2. The summed E-state index contributed by atoms with van der Waals surface area (Å²) in [4.78, 5) is 7.82. The Morgan fingerprint density at radius 1 is 1.24 bits per heavy atom. The van der Waals surface area contributed by atoms with E-state index in [0.717, 1.165) is 10.0 Å². The van der Waals surface area contributed by atoms with Crippen molar-refractivity contribution in [1.29, 1.82) is 5.26 Å².